The van der Waals surface area contributed by atoms with Gasteiger partial charge in [-0.1, -0.05) is 46.0 Å². The molecule has 0 aromatic carbocycles. The number of unbranched alkanes of at least 4 members (excludes halogenated alkanes) is 5. The summed E-state index contributed by atoms with van der Waals surface area (Å²) in [6, 6.07) is 0. The van der Waals surface area contributed by atoms with Gasteiger partial charge in [-0.05, 0) is 19.5 Å². The number of hydrogen-bond donors (Lipinski definition) is 0. The first-order valence-electron chi connectivity index (χ1n) is 7.17. The molecule has 0 fully saturated rings. The highest BCUT2D eigenvalue weighted by Crippen LogP contribution is 2.23. The van der Waals surface area contributed by atoms with Crippen molar-refractivity contribution in [2.75, 3.05) is 13.7 Å². The number of hydrogen-bond acceptors (Lipinski definition) is 3. The van der Waals surface area contributed by atoms with E-state index in [-0.39, 0.29) is 11.5 Å². The van der Waals surface area contributed by atoms with Gasteiger partial charge in [-0.15, -0.1) is 0 Å². The Morgan fingerprint density at radius 3 is 2.22 bits per heavy atom. The Hall–Kier alpha value is -0.353. The van der Waals surface area contributed by atoms with E-state index >= 15 is 0 Å². The molecular formula is C14H30O3Si. The zero-order valence-corrected chi connectivity index (χ0v) is 13.8. The first-order valence-corrected chi connectivity index (χ1v) is 10.2. The fraction of sp³-hybridized carbons (Fsp3) is 0.929. The molecule has 1 unspecified atom stereocenters. The molecule has 0 aromatic rings. The predicted octanol–water partition coefficient (Wildman–Crippen LogP) is 4.13. The fourth-order valence-electron chi connectivity index (χ4n) is 1.64. The summed E-state index contributed by atoms with van der Waals surface area (Å²) in [6.45, 7) is 8.78. The topological polar surface area (TPSA) is 35.5 Å². The van der Waals surface area contributed by atoms with Crippen LogP contribution in [0.4, 0.5) is 0 Å². The largest absolute Gasteiger partial charge is 0.466 e. The highest BCUT2D eigenvalue weighted by atomic mass is 28.4. The Kier molecular flexibility index (Phi) is 9.37. The molecule has 0 radical (unpaired) electrons. The summed E-state index contributed by atoms with van der Waals surface area (Å²) < 4.78 is 10.7. The number of carbonyl (C=O) groups is 1. The zero-order valence-electron chi connectivity index (χ0n) is 12.8. The molecule has 0 aliphatic rings. The van der Waals surface area contributed by atoms with Gasteiger partial charge in [0.05, 0.1) is 12.1 Å². The Morgan fingerprint density at radius 1 is 1.11 bits per heavy atom. The van der Waals surface area contributed by atoms with E-state index in [0.29, 0.717) is 6.61 Å². The van der Waals surface area contributed by atoms with Crippen LogP contribution in [0.25, 0.3) is 0 Å². The molecule has 0 heterocycles. The molecule has 0 aliphatic heterocycles. The first kappa shape index (κ1) is 17.6. The van der Waals surface area contributed by atoms with Gasteiger partial charge in [-0.2, -0.15) is 0 Å². The minimum Gasteiger partial charge on any atom is -0.466 e. The summed E-state index contributed by atoms with van der Waals surface area (Å²) in [4.78, 5) is 11.8. The Morgan fingerprint density at radius 2 is 1.67 bits per heavy atom. The summed E-state index contributed by atoms with van der Waals surface area (Å²) in [5.41, 5.74) is -0.0948. The number of esters is 1. The van der Waals surface area contributed by atoms with E-state index in [2.05, 4.69) is 6.92 Å². The molecule has 0 rings (SSSR count). The molecule has 0 spiro atoms. The van der Waals surface area contributed by atoms with Gasteiger partial charge in [0.2, 0.25) is 0 Å². The normalized spacial score (nSPS) is 13.4. The van der Waals surface area contributed by atoms with Gasteiger partial charge in [0, 0.05) is 7.11 Å². The van der Waals surface area contributed by atoms with E-state index < -0.39 is 8.32 Å². The maximum atomic E-state index is 11.8. The molecule has 4 heteroatoms. The van der Waals surface area contributed by atoms with Crippen molar-refractivity contribution in [3.05, 3.63) is 0 Å². The minimum atomic E-state index is -1.90. The summed E-state index contributed by atoms with van der Waals surface area (Å²) in [6.07, 6.45) is 7.27. The molecule has 3 nitrogen and oxygen atoms in total. The van der Waals surface area contributed by atoms with Gasteiger partial charge in [-0.25, -0.2) is 0 Å². The molecule has 1 atom stereocenters. The van der Waals surface area contributed by atoms with Gasteiger partial charge < -0.3 is 9.16 Å². The third kappa shape index (κ3) is 7.16. The third-order valence-corrected chi connectivity index (χ3v) is 7.04. The Labute approximate surface area is 113 Å². The van der Waals surface area contributed by atoms with E-state index in [1.54, 1.807) is 7.11 Å². The van der Waals surface area contributed by atoms with E-state index in [4.69, 9.17) is 9.16 Å². The van der Waals surface area contributed by atoms with Crippen molar-refractivity contribution in [3.63, 3.8) is 0 Å². The molecule has 0 aromatic heterocycles. The van der Waals surface area contributed by atoms with Crippen molar-refractivity contribution in [1.82, 2.24) is 0 Å². The van der Waals surface area contributed by atoms with Crippen molar-refractivity contribution >= 4 is 14.3 Å². The van der Waals surface area contributed by atoms with Crippen molar-refractivity contribution in [1.29, 1.82) is 0 Å². The van der Waals surface area contributed by atoms with Crippen LogP contribution in [-0.4, -0.2) is 28.0 Å². The monoisotopic (exact) mass is 274 g/mol. The van der Waals surface area contributed by atoms with Crippen molar-refractivity contribution in [2.45, 2.75) is 71.0 Å². The van der Waals surface area contributed by atoms with Crippen LogP contribution in [0.5, 0.6) is 0 Å². The molecule has 108 valence electrons. The summed E-state index contributed by atoms with van der Waals surface area (Å²) in [7, 11) is -0.220. The van der Waals surface area contributed by atoms with Crippen LogP contribution in [-0.2, 0) is 14.0 Å². The lowest BCUT2D eigenvalue weighted by Gasteiger charge is -2.25. The van der Waals surface area contributed by atoms with Crippen LogP contribution in [0.3, 0.4) is 0 Å². The molecule has 0 N–H and O–H groups in total. The highest BCUT2D eigenvalue weighted by molar-refractivity contribution is 6.75. The Balaban J connectivity index is 3.65. The van der Waals surface area contributed by atoms with E-state index in [1.807, 2.05) is 20.0 Å². The van der Waals surface area contributed by atoms with Gasteiger partial charge in [0.15, 0.2) is 8.32 Å². The van der Waals surface area contributed by atoms with Crippen molar-refractivity contribution in [2.24, 2.45) is 0 Å². The number of carbonyl (C=O) groups excluding carboxylic acids is 1. The quantitative estimate of drug-likeness (QED) is 0.341. The molecule has 18 heavy (non-hydrogen) atoms. The van der Waals surface area contributed by atoms with Crippen LogP contribution < -0.4 is 0 Å². The van der Waals surface area contributed by atoms with E-state index in [0.717, 1.165) is 12.8 Å². The summed E-state index contributed by atoms with van der Waals surface area (Å²) in [5, 5.41) is 0. The first-order chi connectivity index (χ1) is 8.45. The second-order valence-corrected chi connectivity index (χ2v) is 9.95. The molecule has 0 saturated carbocycles. The smallest absolute Gasteiger partial charge is 0.308 e. The van der Waals surface area contributed by atoms with Gasteiger partial charge in [0.1, 0.15) is 0 Å². The standard InChI is InChI=1S/C14H30O3Si/c1-6-7-8-9-10-11-12-17-14(15)13(2)18(4,5)16-3/h13H,6-12H2,1-5H3. The number of ether oxygens (including phenoxy) is 1. The van der Waals surface area contributed by atoms with E-state index in [9.17, 15) is 4.79 Å². The van der Waals surface area contributed by atoms with Crippen LogP contribution in [0.15, 0.2) is 0 Å². The molecule has 0 amide bonds. The lowest BCUT2D eigenvalue weighted by Crippen LogP contribution is -2.38. The van der Waals surface area contributed by atoms with Gasteiger partial charge >= 0.3 is 5.97 Å². The fourth-order valence-corrected chi connectivity index (χ4v) is 2.65. The molecule has 0 aliphatic carbocycles. The van der Waals surface area contributed by atoms with Crippen LogP contribution in [0, 0.1) is 0 Å². The lowest BCUT2D eigenvalue weighted by molar-refractivity contribution is -0.143. The van der Waals surface area contributed by atoms with E-state index in [1.165, 1.54) is 25.7 Å². The van der Waals surface area contributed by atoms with Crippen molar-refractivity contribution < 1.29 is 14.0 Å². The maximum Gasteiger partial charge on any atom is 0.308 e. The SMILES string of the molecule is CCCCCCCCOC(=O)C(C)[Si](C)(C)OC. The summed E-state index contributed by atoms with van der Waals surface area (Å²) >= 11 is 0. The second kappa shape index (κ2) is 9.56. The molecular weight excluding hydrogens is 244 g/mol. The highest BCUT2D eigenvalue weighted by Gasteiger charge is 2.35. The predicted molar refractivity (Wildman–Crippen MR) is 78.3 cm³/mol. The number of rotatable bonds is 10. The zero-order chi connectivity index (χ0) is 14.0. The second-order valence-electron chi connectivity index (χ2n) is 5.46. The average molecular weight is 274 g/mol. The third-order valence-electron chi connectivity index (χ3n) is 3.66. The van der Waals surface area contributed by atoms with Crippen LogP contribution in [0.2, 0.25) is 18.6 Å². The van der Waals surface area contributed by atoms with Crippen LogP contribution in [0.1, 0.15) is 52.4 Å². The molecule has 0 bridgehead atoms. The van der Waals surface area contributed by atoms with Crippen LogP contribution >= 0.6 is 0 Å². The van der Waals surface area contributed by atoms with Crippen molar-refractivity contribution in [3.8, 4) is 0 Å². The van der Waals surface area contributed by atoms with Gasteiger partial charge in [-0.3, -0.25) is 4.79 Å². The maximum absolute atomic E-state index is 11.8. The average Bonchev–Trinajstić information content (AvgIpc) is 2.36. The Bertz CT molecular complexity index is 229. The minimum absolute atomic E-state index is 0.0948. The van der Waals surface area contributed by atoms with Gasteiger partial charge in [0.25, 0.3) is 0 Å². The molecule has 0 saturated heterocycles. The summed E-state index contributed by atoms with van der Waals surface area (Å²) in [5.74, 6) is -0.0953. The lowest BCUT2D eigenvalue weighted by atomic mass is 10.1.